The number of nitrogens with zero attached hydrogens (tertiary/aromatic N) is 5. The van der Waals surface area contributed by atoms with Crippen LogP contribution in [0, 0.1) is 6.92 Å². The van der Waals surface area contributed by atoms with Gasteiger partial charge < -0.3 is 4.52 Å². The van der Waals surface area contributed by atoms with Gasteiger partial charge in [-0.2, -0.15) is 0 Å². The summed E-state index contributed by atoms with van der Waals surface area (Å²) in [6, 6.07) is 5.77. The molecule has 0 fully saturated rings. The van der Waals surface area contributed by atoms with Crippen LogP contribution in [0.2, 0.25) is 0 Å². The summed E-state index contributed by atoms with van der Waals surface area (Å²) in [5.41, 5.74) is 0.711. The van der Waals surface area contributed by atoms with Crippen molar-refractivity contribution in [2.45, 2.75) is 37.2 Å². The number of tetrazole rings is 1. The number of thiophene rings is 1. The predicted octanol–water partition coefficient (Wildman–Crippen LogP) is 2.39. The van der Waals surface area contributed by atoms with E-state index in [0.29, 0.717) is 23.3 Å². The fraction of sp³-hybridized carbons (Fsp3) is 0.357. The highest BCUT2D eigenvalue weighted by molar-refractivity contribution is 8.00. The van der Waals surface area contributed by atoms with Gasteiger partial charge in [0.2, 0.25) is 16.9 Å². The molecule has 1 N–H and O–H groups in total. The lowest BCUT2D eigenvalue weighted by atomic mass is 10.3. The van der Waals surface area contributed by atoms with Crippen LogP contribution < -0.4 is 5.32 Å². The lowest BCUT2D eigenvalue weighted by Crippen LogP contribution is -2.22. The van der Waals surface area contributed by atoms with Crippen LogP contribution in [0.4, 0.5) is 5.88 Å². The first-order valence-electron chi connectivity index (χ1n) is 7.31. The Morgan fingerprint density at radius 1 is 1.54 bits per heavy atom. The van der Waals surface area contributed by atoms with Gasteiger partial charge >= 0.3 is 0 Å². The standard InChI is InChI=1S/C14H16N6O2S2/c1-9-8-12(22-17-9)15-13(21)10(2)24-14-16-18-19-20(14)6-5-11-4-3-7-23-11/h3-4,7-8,10H,5-6H2,1-2H3,(H,15,21)/t10-/m1/s1. The number of amides is 1. The minimum absolute atomic E-state index is 0.191. The number of hydrogen-bond acceptors (Lipinski definition) is 8. The maximum absolute atomic E-state index is 12.2. The Kier molecular flexibility index (Phi) is 5.26. The predicted molar refractivity (Wildman–Crippen MR) is 91.0 cm³/mol. The molecule has 0 saturated heterocycles. The van der Waals surface area contributed by atoms with Gasteiger partial charge in [0.1, 0.15) is 0 Å². The van der Waals surface area contributed by atoms with Crippen molar-refractivity contribution in [1.82, 2.24) is 25.4 Å². The Hall–Kier alpha value is -2.20. The van der Waals surface area contributed by atoms with Crippen molar-refractivity contribution in [2.75, 3.05) is 5.32 Å². The maximum Gasteiger partial charge on any atom is 0.240 e. The Balaban J connectivity index is 1.57. The molecule has 0 unspecified atom stereocenters. The van der Waals surface area contributed by atoms with Gasteiger partial charge in [-0.3, -0.25) is 10.1 Å². The molecule has 0 aliphatic rings. The van der Waals surface area contributed by atoms with Gasteiger partial charge in [0.25, 0.3) is 0 Å². The Labute approximate surface area is 146 Å². The van der Waals surface area contributed by atoms with E-state index in [2.05, 4.69) is 32.1 Å². The summed E-state index contributed by atoms with van der Waals surface area (Å²) in [7, 11) is 0. The lowest BCUT2D eigenvalue weighted by molar-refractivity contribution is -0.115. The number of carbonyl (C=O) groups excluding carboxylic acids is 1. The van der Waals surface area contributed by atoms with Crippen molar-refractivity contribution in [3.63, 3.8) is 0 Å². The van der Waals surface area contributed by atoms with Crippen LogP contribution in [0.5, 0.6) is 0 Å². The summed E-state index contributed by atoms with van der Waals surface area (Å²) in [4.78, 5) is 13.5. The van der Waals surface area contributed by atoms with E-state index in [0.717, 1.165) is 6.42 Å². The van der Waals surface area contributed by atoms with E-state index in [-0.39, 0.29) is 11.2 Å². The quantitative estimate of drug-likeness (QED) is 0.643. The minimum Gasteiger partial charge on any atom is -0.338 e. The molecule has 10 heteroatoms. The van der Waals surface area contributed by atoms with Crippen molar-refractivity contribution in [3.8, 4) is 0 Å². The first-order valence-corrected chi connectivity index (χ1v) is 9.07. The largest absolute Gasteiger partial charge is 0.338 e. The monoisotopic (exact) mass is 364 g/mol. The summed E-state index contributed by atoms with van der Waals surface area (Å²) in [5.74, 6) is 0.145. The van der Waals surface area contributed by atoms with Gasteiger partial charge in [0.05, 0.1) is 17.5 Å². The van der Waals surface area contributed by atoms with Gasteiger partial charge in [0, 0.05) is 17.4 Å². The fourth-order valence-corrected chi connectivity index (χ4v) is 3.46. The van der Waals surface area contributed by atoms with Crippen LogP contribution in [0.15, 0.2) is 33.3 Å². The molecular weight excluding hydrogens is 348 g/mol. The number of anilines is 1. The molecule has 0 bridgehead atoms. The third-order valence-electron chi connectivity index (χ3n) is 3.17. The van der Waals surface area contributed by atoms with Gasteiger partial charge in [0.15, 0.2) is 0 Å². The van der Waals surface area contributed by atoms with Crippen LogP contribution in [-0.2, 0) is 17.8 Å². The lowest BCUT2D eigenvalue weighted by Gasteiger charge is -2.09. The molecule has 0 aromatic carbocycles. The molecule has 0 radical (unpaired) electrons. The van der Waals surface area contributed by atoms with Gasteiger partial charge in [-0.25, -0.2) is 4.68 Å². The van der Waals surface area contributed by atoms with Crippen LogP contribution in [0.25, 0.3) is 0 Å². The molecule has 1 atom stereocenters. The average molecular weight is 364 g/mol. The maximum atomic E-state index is 12.2. The number of thioether (sulfide) groups is 1. The molecule has 0 aliphatic heterocycles. The summed E-state index contributed by atoms with van der Waals surface area (Å²) >= 11 is 3.01. The molecule has 24 heavy (non-hydrogen) atoms. The summed E-state index contributed by atoms with van der Waals surface area (Å²) in [6.45, 7) is 4.26. The van der Waals surface area contributed by atoms with E-state index < -0.39 is 0 Å². The first-order chi connectivity index (χ1) is 11.6. The molecule has 3 rings (SSSR count). The normalized spacial score (nSPS) is 12.2. The number of hydrogen-bond donors (Lipinski definition) is 1. The Morgan fingerprint density at radius 3 is 3.12 bits per heavy atom. The minimum atomic E-state index is -0.373. The molecule has 1 amide bonds. The van der Waals surface area contributed by atoms with Crippen molar-refractivity contribution in [3.05, 3.63) is 34.2 Å². The van der Waals surface area contributed by atoms with Crippen molar-refractivity contribution < 1.29 is 9.32 Å². The van der Waals surface area contributed by atoms with Crippen molar-refractivity contribution in [2.24, 2.45) is 0 Å². The number of aryl methyl sites for hydroxylation is 3. The third kappa shape index (κ3) is 4.20. The average Bonchev–Trinajstić information content (AvgIpc) is 3.28. The molecule has 8 nitrogen and oxygen atoms in total. The fourth-order valence-electron chi connectivity index (χ4n) is 1.95. The van der Waals surface area contributed by atoms with Crippen LogP contribution in [0.3, 0.4) is 0 Å². The SMILES string of the molecule is Cc1cc(NC(=O)[C@@H](C)Sc2nnnn2CCc2cccs2)on1. The smallest absolute Gasteiger partial charge is 0.240 e. The van der Waals surface area contributed by atoms with E-state index in [1.165, 1.54) is 16.6 Å². The van der Waals surface area contributed by atoms with Crippen LogP contribution in [-0.4, -0.2) is 36.5 Å². The number of rotatable bonds is 7. The molecule has 0 spiro atoms. The first kappa shape index (κ1) is 16.7. The molecule has 0 aliphatic carbocycles. The second kappa shape index (κ2) is 7.58. The summed E-state index contributed by atoms with van der Waals surface area (Å²) in [6.07, 6.45) is 0.855. The Morgan fingerprint density at radius 2 is 2.42 bits per heavy atom. The highest BCUT2D eigenvalue weighted by Crippen LogP contribution is 2.22. The zero-order valence-corrected chi connectivity index (χ0v) is 14.8. The van der Waals surface area contributed by atoms with Crippen LogP contribution >= 0.6 is 23.1 Å². The molecule has 3 aromatic rings. The topological polar surface area (TPSA) is 98.7 Å². The highest BCUT2D eigenvalue weighted by Gasteiger charge is 2.20. The van der Waals surface area contributed by atoms with Crippen molar-refractivity contribution >= 4 is 34.9 Å². The van der Waals surface area contributed by atoms with E-state index in [9.17, 15) is 4.79 Å². The molecule has 3 heterocycles. The van der Waals surface area contributed by atoms with Gasteiger partial charge in [-0.15, -0.1) is 16.4 Å². The zero-order valence-electron chi connectivity index (χ0n) is 13.2. The van der Waals surface area contributed by atoms with E-state index in [4.69, 9.17) is 4.52 Å². The molecule has 3 aromatic heterocycles. The van der Waals surface area contributed by atoms with Crippen LogP contribution in [0.1, 0.15) is 17.5 Å². The summed E-state index contributed by atoms with van der Waals surface area (Å²) < 4.78 is 6.70. The highest BCUT2D eigenvalue weighted by atomic mass is 32.2. The number of carbonyl (C=O) groups is 1. The zero-order chi connectivity index (χ0) is 16.9. The Bertz CT molecular complexity index is 798. The third-order valence-corrected chi connectivity index (χ3v) is 5.18. The van der Waals surface area contributed by atoms with E-state index in [1.807, 2.05) is 11.4 Å². The number of nitrogens with one attached hydrogen (secondary N) is 1. The van der Waals surface area contributed by atoms with E-state index >= 15 is 0 Å². The van der Waals surface area contributed by atoms with Gasteiger partial charge in [-0.1, -0.05) is 23.0 Å². The number of aromatic nitrogens is 5. The van der Waals surface area contributed by atoms with Gasteiger partial charge in [-0.05, 0) is 35.7 Å². The molecule has 126 valence electrons. The van der Waals surface area contributed by atoms with E-state index in [1.54, 1.807) is 35.9 Å². The summed E-state index contributed by atoms with van der Waals surface area (Å²) in [5, 5.41) is 20.4. The second-order valence-corrected chi connectivity index (χ2v) is 7.44. The second-order valence-electron chi connectivity index (χ2n) is 5.10. The molecule has 0 saturated carbocycles. The molecular formula is C14H16N6O2S2. The van der Waals surface area contributed by atoms with Crippen molar-refractivity contribution in [1.29, 1.82) is 0 Å².